The second-order valence-electron chi connectivity index (χ2n) is 4.07. The van der Waals surface area contributed by atoms with Gasteiger partial charge in [-0.05, 0) is 43.4 Å². The topological polar surface area (TPSA) is 17.1 Å². The molecule has 15 heavy (non-hydrogen) atoms. The molecule has 3 heteroatoms. The van der Waals surface area contributed by atoms with Crippen LogP contribution in [-0.4, -0.2) is 5.78 Å². The largest absolute Gasteiger partial charge is 0.300 e. The van der Waals surface area contributed by atoms with E-state index in [4.69, 9.17) is 23.2 Å². The van der Waals surface area contributed by atoms with E-state index in [9.17, 15) is 4.79 Å². The molecule has 1 aliphatic carbocycles. The summed E-state index contributed by atoms with van der Waals surface area (Å²) in [5, 5.41) is 1.14. The molecule has 0 bridgehead atoms. The molecule has 2 atom stereocenters. The van der Waals surface area contributed by atoms with Crippen molar-refractivity contribution in [3.8, 4) is 0 Å². The van der Waals surface area contributed by atoms with Gasteiger partial charge in [-0.1, -0.05) is 29.3 Å². The molecule has 1 aromatic carbocycles. The van der Waals surface area contributed by atoms with Crippen LogP contribution < -0.4 is 0 Å². The van der Waals surface area contributed by atoms with Crippen molar-refractivity contribution in [2.75, 3.05) is 0 Å². The summed E-state index contributed by atoms with van der Waals surface area (Å²) < 4.78 is 0. The van der Waals surface area contributed by atoms with Gasteiger partial charge < -0.3 is 0 Å². The van der Waals surface area contributed by atoms with Crippen LogP contribution in [0.15, 0.2) is 18.2 Å². The van der Waals surface area contributed by atoms with E-state index < -0.39 is 0 Å². The van der Waals surface area contributed by atoms with Crippen LogP contribution in [0, 0.1) is 5.92 Å². The lowest BCUT2D eigenvalue weighted by Gasteiger charge is -2.35. The molecule has 0 saturated heterocycles. The molecule has 0 aliphatic heterocycles. The van der Waals surface area contributed by atoms with Gasteiger partial charge in [0.05, 0.1) is 10.0 Å². The quantitative estimate of drug-likeness (QED) is 0.764. The number of hydrogen-bond donors (Lipinski definition) is 0. The van der Waals surface area contributed by atoms with E-state index in [0.717, 1.165) is 18.4 Å². The van der Waals surface area contributed by atoms with Crippen molar-refractivity contribution in [1.82, 2.24) is 0 Å². The minimum absolute atomic E-state index is 0.183. The predicted octanol–water partition coefficient (Wildman–Crippen LogP) is 4.08. The maximum Gasteiger partial charge on any atom is 0.133 e. The number of benzene rings is 1. The third kappa shape index (κ3) is 2.04. The van der Waals surface area contributed by atoms with Gasteiger partial charge in [-0.2, -0.15) is 0 Å². The first-order valence-corrected chi connectivity index (χ1v) is 5.80. The minimum Gasteiger partial charge on any atom is -0.300 e. The van der Waals surface area contributed by atoms with Gasteiger partial charge in [0.1, 0.15) is 5.78 Å². The van der Waals surface area contributed by atoms with E-state index in [1.165, 1.54) is 0 Å². The molecule has 0 radical (unpaired) electrons. The summed E-state index contributed by atoms with van der Waals surface area (Å²) in [7, 11) is 0. The van der Waals surface area contributed by atoms with Crippen LogP contribution in [0.3, 0.4) is 0 Å². The summed E-state index contributed by atoms with van der Waals surface area (Å²) >= 11 is 11.8. The highest BCUT2D eigenvalue weighted by Crippen LogP contribution is 2.44. The van der Waals surface area contributed by atoms with Gasteiger partial charge in [0.25, 0.3) is 0 Å². The maximum absolute atomic E-state index is 11.3. The van der Waals surface area contributed by atoms with Crippen LogP contribution in [0.25, 0.3) is 0 Å². The minimum atomic E-state index is 0.183. The summed E-state index contributed by atoms with van der Waals surface area (Å²) in [6.07, 6.45) is 2.07. The lowest BCUT2D eigenvalue weighted by Crippen LogP contribution is -2.29. The molecule has 1 fully saturated rings. The van der Waals surface area contributed by atoms with Gasteiger partial charge in [-0.3, -0.25) is 4.79 Å². The highest BCUT2D eigenvalue weighted by atomic mass is 35.5. The third-order valence-electron chi connectivity index (χ3n) is 3.17. The molecule has 80 valence electrons. The SMILES string of the molecule is CC(=O)C1CCC1c1ccc(Cl)c(Cl)c1. The van der Waals surface area contributed by atoms with Crippen molar-refractivity contribution in [3.63, 3.8) is 0 Å². The zero-order chi connectivity index (χ0) is 11.0. The lowest BCUT2D eigenvalue weighted by molar-refractivity contribution is -0.123. The Morgan fingerprint density at radius 1 is 1.27 bits per heavy atom. The van der Waals surface area contributed by atoms with Crippen molar-refractivity contribution in [2.24, 2.45) is 5.92 Å². The molecule has 1 aromatic rings. The highest BCUT2D eigenvalue weighted by Gasteiger charge is 2.35. The monoisotopic (exact) mass is 242 g/mol. The van der Waals surface area contributed by atoms with Crippen molar-refractivity contribution in [3.05, 3.63) is 33.8 Å². The molecule has 1 nitrogen and oxygen atoms in total. The van der Waals surface area contributed by atoms with Crippen LogP contribution in [-0.2, 0) is 4.79 Å². The van der Waals surface area contributed by atoms with Crippen molar-refractivity contribution >= 4 is 29.0 Å². The van der Waals surface area contributed by atoms with E-state index in [2.05, 4.69) is 0 Å². The summed E-state index contributed by atoms with van der Waals surface area (Å²) in [5.41, 5.74) is 1.14. The first-order chi connectivity index (χ1) is 7.09. The van der Waals surface area contributed by atoms with E-state index in [1.54, 1.807) is 13.0 Å². The first kappa shape index (κ1) is 11.0. The molecule has 2 rings (SSSR count). The Morgan fingerprint density at radius 2 is 2.00 bits per heavy atom. The molecule has 0 N–H and O–H groups in total. The zero-order valence-corrected chi connectivity index (χ0v) is 9.98. The fourth-order valence-corrected chi connectivity index (χ4v) is 2.44. The smallest absolute Gasteiger partial charge is 0.133 e. The second kappa shape index (κ2) is 4.15. The molecule has 0 amide bonds. The summed E-state index contributed by atoms with van der Waals surface area (Å²) in [6.45, 7) is 1.66. The van der Waals surface area contributed by atoms with Gasteiger partial charge in [-0.25, -0.2) is 0 Å². The van der Waals surface area contributed by atoms with Crippen molar-refractivity contribution < 1.29 is 4.79 Å². The Bertz CT molecular complexity index is 401. The average molecular weight is 243 g/mol. The van der Waals surface area contributed by atoms with Crippen LogP contribution in [0.1, 0.15) is 31.2 Å². The molecule has 0 heterocycles. The van der Waals surface area contributed by atoms with E-state index in [0.29, 0.717) is 16.0 Å². The number of halogens is 2. The molecule has 2 unspecified atom stereocenters. The van der Waals surface area contributed by atoms with Crippen molar-refractivity contribution in [1.29, 1.82) is 0 Å². The Labute approximate surface area is 99.4 Å². The van der Waals surface area contributed by atoms with E-state index >= 15 is 0 Å². The maximum atomic E-state index is 11.3. The predicted molar refractivity (Wildman–Crippen MR) is 62.6 cm³/mol. The van der Waals surface area contributed by atoms with Gasteiger partial charge in [0.15, 0.2) is 0 Å². The van der Waals surface area contributed by atoms with Crippen LogP contribution >= 0.6 is 23.2 Å². The van der Waals surface area contributed by atoms with E-state index in [1.807, 2.05) is 12.1 Å². The first-order valence-electron chi connectivity index (χ1n) is 5.05. The van der Waals surface area contributed by atoms with Crippen LogP contribution in [0.5, 0.6) is 0 Å². The van der Waals surface area contributed by atoms with Crippen molar-refractivity contribution in [2.45, 2.75) is 25.7 Å². The number of hydrogen-bond acceptors (Lipinski definition) is 1. The number of rotatable bonds is 2. The number of carbonyl (C=O) groups is 1. The average Bonchev–Trinajstić information content (AvgIpc) is 2.08. The summed E-state index contributed by atoms with van der Waals surface area (Å²) in [4.78, 5) is 11.3. The van der Waals surface area contributed by atoms with Gasteiger partial charge in [0, 0.05) is 5.92 Å². The molecular formula is C12H12Cl2O. The van der Waals surface area contributed by atoms with Gasteiger partial charge in [-0.15, -0.1) is 0 Å². The standard InChI is InChI=1S/C12H12Cl2O/c1-7(15)9-3-4-10(9)8-2-5-11(13)12(14)6-8/h2,5-6,9-10H,3-4H2,1H3. The summed E-state index contributed by atoms with van der Waals surface area (Å²) in [6, 6.07) is 5.65. The number of Topliss-reactive ketones (excluding diaryl/α,β-unsaturated/α-hetero) is 1. The van der Waals surface area contributed by atoms with Gasteiger partial charge >= 0.3 is 0 Å². The molecular weight excluding hydrogens is 231 g/mol. The Balaban J connectivity index is 2.23. The fourth-order valence-electron chi connectivity index (χ4n) is 2.13. The van der Waals surface area contributed by atoms with Crippen LogP contribution in [0.2, 0.25) is 10.0 Å². The molecule has 0 aromatic heterocycles. The third-order valence-corrected chi connectivity index (χ3v) is 3.91. The second-order valence-corrected chi connectivity index (χ2v) is 4.89. The summed E-state index contributed by atoms with van der Waals surface area (Å²) in [5.74, 6) is 0.803. The highest BCUT2D eigenvalue weighted by molar-refractivity contribution is 6.42. The Hall–Kier alpha value is -0.530. The number of ketones is 1. The normalized spacial score (nSPS) is 24.7. The molecule has 1 saturated carbocycles. The molecule has 0 spiro atoms. The molecule has 1 aliphatic rings. The lowest BCUT2D eigenvalue weighted by atomic mass is 9.68. The van der Waals surface area contributed by atoms with E-state index in [-0.39, 0.29) is 11.7 Å². The Morgan fingerprint density at radius 3 is 2.47 bits per heavy atom. The number of carbonyl (C=O) groups excluding carboxylic acids is 1. The Kier molecular flexibility index (Phi) is 3.03. The van der Waals surface area contributed by atoms with Crippen LogP contribution in [0.4, 0.5) is 0 Å². The zero-order valence-electron chi connectivity index (χ0n) is 8.47. The fraction of sp³-hybridized carbons (Fsp3) is 0.417. The van der Waals surface area contributed by atoms with Gasteiger partial charge in [0.2, 0.25) is 0 Å².